The van der Waals surface area contributed by atoms with Crippen LogP contribution in [-0.4, -0.2) is 46.6 Å². The van der Waals surface area contributed by atoms with Gasteiger partial charge in [-0.3, -0.25) is 4.79 Å². The number of hydrogen-bond acceptors (Lipinski definition) is 8. The van der Waals surface area contributed by atoms with Gasteiger partial charge < -0.3 is 19.4 Å². The maximum atomic E-state index is 12.7. The Labute approximate surface area is 194 Å². The van der Waals surface area contributed by atoms with Crippen molar-refractivity contribution in [2.24, 2.45) is 7.05 Å². The van der Waals surface area contributed by atoms with Gasteiger partial charge in [-0.1, -0.05) is 11.8 Å². The summed E-state index contributed by atoms with van der Waals surface area (Å²) in [6, 6.07) is 7.56. The number of carbonyl (C=O) groups is 2. The summed E-state index contributed by atoms with van der Waals surface area (Å²) in [6.07, 6.45) is 3.91. The van der Waals surface area contributed by atoms with Gasteiger partial charge in [-0.25, -0.2) is 4.79 Å². The summed E-state index contributed by atoms with van der Waals surface area (Å²) >= 11 is 2.77. The smallest absolute Gasteiger partial charge is 0.341 e. The summed E-state index contributed by atoms with van der Waals surface area (Å²) in [6.45, 7) is 0. The lowest BCUT2D eigenvalue weighted by Crippen LogP contribution is -2.17. The number of anilines is 1. The molecule has 0 unspecified atom stereocenters. The summed E-state index contributed by atoms with van der Waals surface area (Å²) in [5.74, 6) is 1.02. The second-order valence-electron chi connectivity index (χ2n) is 7.34. The van der Waals surface area contributed by atoms with Crippen LogP contribution in [0, 0.1) is 0 Å². The third-order valence-electron chi connectivity index (χ3n) is 5.33. The van der Waals surface area contributed by atoms with Gasteiger partial charge >= 0.3 is 5.97 Å². The lowest BCUT2D eigenvalue weighted by molar-refractivity contribution is -0.113. The molecule has 1 aromatic carbocycles. The summed E-state index contributed by atoms with van der Waals surface area (Å²) < 4.78 is 12.0. The Morgan fingerprint density at radius 1 is 1.16 bits per heavy atom. The number of methoxy groups -OCH3 is 2. The van der Waals surface area contributed by atoms with Crippen molar-refractivity contribution in [3.05, 3.63) is 40.3 Å². The van der Waals surface area contributed by atoms with Gasteiger partial charge in [-0.15, -0.1) is 21.5 Å². The third-order valence-corrected chi connectivity index (χ3v) is 7.56. The van der Waals surface area contributed by atoms with Crippen molar-refractivity contribution in [1.82, 2.24) is 14.8 Å². The number of carbonyl (C=O) groups excluding carboxylic acids is 2. The summed E-state index contributed by atoms with van der Waals surface area (Å²) in [5.41, 5.74) is 2.43. The molecule has 0 saturated carbocycles. The largest absolute Gasteiger partial charge is 0.497 e. The van der Waals surface area contributed by atoms with E-state index in [0.717, 1.165) is 47.4 Å². The zero-order valence-corrected chi connectivity index (χ0v) is 19.8. The van der Waals surface area contributed by atoms with E-state index < -0.39 is 5.97 Å². The number of ether oxygens (including phenoxy) is 2. The molecule has 10 heteroatoms. The van der Waals surface area contributed by atoms with Crippen LogP contribution < -0.4 is 10.1 Å². The molecule has 3 aromatic rings. The number of thioether (sulfide) groups is 1. The minimum Gasteiger partial charge on any atom is -0.497 e. The maximum Gasteiger partial charge on any atom is 0.341 e. The van der Waals surface area contributed by atoms with Gasteiger partial charge in [0.15, 0.2) is 11.0 Å². The fourth-order valence-electron chi connectivity index (χ4n) is 3.70. The van der Waals surface area contributed by atoms with Crippen molar-refractivity contribution in [3.63, 3.8) is 0 Å². The highest BCUT2D eigenvalue weighted by Gasteiger charge is 2.27. The van der Waals surface area contributed by atoms with Gasteiger partial charge in [0, 0.05) is 17.5 Å². The number of amides is 1. The van der Waals surface area contributed by atoms with E-state index in [1.54, 1.807) is 7.11 Å². The number of benzene rings is 1. The van der Waals surface area contributed by atoms with E-state index in [9.17, 15) is 9.59 Å². The zero-order valence-electron chi connectivity index (χ0n) is 18.1. The number of thiophene rings is 1. The van der Waals surface area contributed by atoms with Crippen LogP contribution in [0.3, 0.4) is 0 Å². The van der Waals surface area contributed by atoms with Crippen LogP contribution in [0.5, 0.6) is 5.75 Å². The minimum atomic E-state index is -0.398. The van der Waals surface area contributed by atoms with Crippen LogP contribution in [0.15, 0.2) is 29.4 Å². The first kappa shape index (κ1) is 22.3. The highest BCUT2D eigenvalue weighted by Crippen LogP contribution is 2.38. The van der Waals surface area contributed by atoms with Gasteiger partial charge in [0.05, 0.1) is 25.5 Å². The summed E-state index contributed by atoms with van der Waals surface area (Å²) in [5, 5.41) is 12.6. The highest BCUT2D eigenvalue weighted by molar-refractivity contribution is 7.99. The average molecular weight is 473 g/mol. The van der Waals surface area contributed by atoms with Crippen LogP contribution >= 0.6 is 23.1 Å². The summed E-state index contributed by atoms with van der Waals surface area (Å²) in [7, 11) is 4.85. The first-order valence-electron chi connectivity index (χ1n) is 10.2. The third kappa shape index (κ3) is 4.51. The van der Waals surface area contributed by atoms with Crippen molar-refractivity contribution in [2.75, 3.05) is 25.3 Å². The Morgan fingerprint density at radius 2 is 1.91 bits per heavy atom. The molecule has 0 fully saturated rings. The number of esters is 1. The Balaban J connectivity index is 1.44. The Kier molecular flexibility index (Phi) is 6.80. The Bertz CT molecular complexity index is 1140. The molecule has 0 aliphatic heterocycles. The SMILES string of the molecule is COC(=O)c1c(NC(=O)CSc2nnc(-c3ccc(OC)cc3)n2C)sc2c1CCCC2. The molecule has 1 aliphatic rings. The number of nitrogens with zero attached hydrogens (tertiary/aromatic N) is 3. The molecular weight excluding hydrogens is 448 g/mol. The lowest BCUT2D eigenvalue weighted by atomic mass is 9.95. The first-order chi connectivity index (χ1) is 15.5. The molecule has 1 aliphatic carbocycles. The van der Waals surface area contributed by atoms with Crippen molar-refractivity contribution in [3.8, 4) is 17.1 Å². The molecule has 4 rings (SSSR count). The van der Waals surface area contributed by atoms with E-state index in [2.05, 4.69) is 15.5 Å². The van der Waals surface area contributed by atoms with E-state index >= 15 is 0 Å². The van der Waals surface area contributed by atoms with E-state index in [0.29, 0.717) is 21.5 Å². The predicted molar refractivity (Wildman–Crippen MR) is 125 cm³/mol. The van der Waals surface area contributed by atoms with E-state index in [-0.39, 0.29) is 11.7 Å². The minimum absolute atomic E-state index is 0.151. The number of aromatic nitrogens is 3. The van der Waals surface area contributed by atoms with Crippen LogP contribution in [0.25, 0.3) is 11.4 Å². The molecule has 32 heavy (non-hydrogen) atoms. The molecule has 0 spiro atoms. The Morgan fingerprint density at radius 3 is 2.62 bits per heavy atom. The zero-order chi connectivity index (χ0) is 22.7. The first-order valence-corrected chi connectivity index (χ1v) is 12.0. The maximum absolute atomic E-state index is 12.7. The lowest BCUT2D eigenvalue weighted by Gasteiger charge is -2.11. The fourth-order valence-corrected chi connectivity index (χ4v) is 5.70. The van der Waals surface area contributed by atoms with Crippen LogP contribution in [0.2, 0.25) is 0 Å². The quantitative estimate of drug-likeness (QED) is 0.411. The van der Waals surface area contributed by atoms with Gasteiger partial charge in [-0.2, -0.15) is 0 Å². The molecule has 0 atom stereocenters. The number of aryl methyl sites for hydroxylation is 1. The second kappa shape index (κ2) is 9.74. The van der Waals surface area contributed by atoms with Crippen LogP contribution in [0.4, 0.5) is 5.00 Å². The van der Waals surface area contributed by atoms with Crippen molar-refractivity contribution < 1.29 is 19.1 Å². The van der Waals surface area contributed by atoms with E-state index in [4.69, 9.17) is 9.47 Å². The molecule has 1 amide bonds. The number of nitrogens with one attached hydrogen (secondary N) is 1. The molecule has 0 radical (unpaired) electrons. The standard InChI is InChI=1S/C22H24N4O4S2/c1-26-19(13-8-10-14(29-2)11-9-13)24-25-22(26)31-12-17(27)23-20-18(21(28)30-3)15-6-4-5-7-16(15)32-20/h8-11H,4-7,12H2,1-3H3,(H,23,27). The van der Waals surface area contributed by atoms with Crippen molar-refractivity contribution in [2.45, 2.75) is 30.8 Å². The number of rotatable bonds is 7. The molecule has 2 heterocycles. The van der Waals surface area contributed by atoms with Gasteiger partial charge in [-0.05, 0) is 55.5 Å². The van der Waals surface area contributed by atoms with Gasteiger partial charge in [0.1, 0.15) is 10.8 Å². The van der Waals surface area contributed by atoms with E-state index in [1.807, 2.05) is 35.9 Å². The molecule has 2 aromatic heterocycles. The molecule has 1 N–H and O–H groups in total. The number of hydrogen-bond donors (Lipinski definition) is 1. The molecule has 0 bridgehead atoms. The Hall–Kier alpha value is -2.85. The molecule has 8 nitrogen and oxygen atoms in total. The van der Waals surface area contributed by atoms with Crippen LogP contribution in [0.1, 0.15) is 33.6 Å². The van der Waals surface area contributed by atoms with Crippen molar-refractivity contribution in [1.29, 1.82) is 0 Å². The fraction of sp³-hybridized carbons (Fsp3) is 0.364. The molecule has 0 saturated heterocycles. The average Bonchev–Trinajstić information content (AvgIpc) is 3.37. The molecule has 168 valence electrons. The normalized spacial score (nSPS) is 12.8. The second-order valence-corrected chi connectivity index (χ2v) is 9.38. The van der Waals surface area contributed by atoms with Gasteiger partial charge in [0.25, 0.3) is 0 Å². The number of fused-ring (bicyclic) bond motifs is 1. The van der Waals surface area contributed by atoms with E-state index in [1.165, 1.54) is 30.2 Å². The van der Waals surface area contributed by atoms with Crippen molar-refractivity contribution >= 4 is 40.0 Å². The molecular formula is C22H24N4O4S2. The monoisotopic (exact) mass is 472 g/mol. The summed E-state index contributed by atoms with van der Waals surface area (Å²) in [4.78, 5) is 26.2. The predicted octanol–water partition coefficient (Wildman–Crippen LogP) is 3.95. The highest BCUT2D eigenvalue weighted by atomic mass is 32.2. The van der Waals surface area contributed by atoms with Crippen LogP contribution in [-0.2, 0) is 29.4 Å². The van der Waals surface area contributed by atoms with Gasteiger partial charge in [0.2, 0.25) is 5.91 Å². The topological polar surface area (TPSA) is 95.3 Å².